The van der Waals surface area contributed by atoms with Gasteiger partial charge in [0.05, 0.1) is 0 Å². The quantitative estimate of drug-likeness (QED) is 0.731. The molecule has 0 spiro atoms. The van der Waals surface area contributed by atoms with E-state index >= 15 is 0 Å². The summed E-state index contributed by atoms with van der Waals surface area (Å²) in [5.74, 6) is 1.39. The van der Waals surface area contributed by atoms with E-state index in [2.05, 4.69) is 76.3 Å². The highest BCUT2D eigenvalue weighted by molar-refractivity contribution is 5.24. The van der Waals surface area contributed by atoms with Crippen LogP contribution in [0, 0.1) is 5.92 Å². The van der Waals surface area contributed by atoms with Gasteiger partial charge in [-0.15, -0.1) is 0 Å². The minimum absolute atomic E-state index is 0.611. The topological polar surface area (TPSA) is 15.3 Å². The van der Waals surface area contributed by atoms with Gasteiger partial charge in [0.25, 0.3) is 0 Å². The third-order valence-electron chi connectivity index (χ3n) is 4.59. The SMILES string of the molecule is CCC(CC)C(CNCc1ccc(C(C)C)cc1)N(C)C. The predicted octanol–water partition coefficient (Wildman–Crippen LogP) is 4.27. The summed E-state index contributed by atoms with van der Waals surface area (Å²) in [5, 5.41) is 3.64. The summed E-state index contributed by atoms with van der Waals surface area (Å²) in [6.07, 6.45) is 2.51. The number of hydrogen-bond acceptors (Lipinski definition) is 2. The molecule has 2 heteroatoms. The van der Waals surface area contributed by atoms with Gasteiger partial charge < -0.3 is 10.2 Å². The molecule has 0 saturated heterocycles. The van der Waals surface area contributed by atoms with Crippen molar-refractivity contribution in [3.05, 3.63) is 35.4 Å². The van der Waals surface area contributed by atoms with Gasteiger partial charge in [-0.2, -0.15) is 0 Å². The normalized spacial score (nSPS) is 13.4. The van der Waals surface area contributed by atoms with Crippen LogP contribution in [0.4, 0.5) is 0 Å². The molecule has 0 aliphatic rings. The molecule has 2 nitrogen and oxygen atoms in total. The molecule has 0 heterocycles. The van der Waals surface area contributed by atoms with E-state index in [1.165, 1.54) is 24.0 Å². The van der Waals surface area contributed by atoms with Gasteiger partial charge in [-0.25, -0.2) is 0 Å². The van der Waals surface area contributed by atoms with E-state index in [0.717, 1.165) is 19.0 Å². The van der Waals surface area contributed by atoms with Gasteiger partial charge in [0.15, 0.2) is 0 Å². The van der Waals surface area contributed by atoms with Crippen molar-refractivity contribution in [2.75, 3.05) is 20.6 Å². The lowest BCUT2D eigenvalue weighted by atomic mass is 9.93. The molecule has 1 unspecified atom stereocenters. The van der Waals surface area contributed by atoms with E-state index in [9.17, 15) is 0 Å². The molecule has 0 fully saturated rings. The Morgan fingerprint density at radius 1 is 1.00 bits per heavy atom. The Morgan fingerprint density at radius 2 is 1.57 bits per heavy atom. The summed E-state index contributed by atoms with van der Waals surface area (Å²) in [6.45, 7) is 11.1. The smallest absolute Gasteiger partial charge is 0.0242 e. The predicted molar refractivity (Wildman–Crippen MR) is 93.8 cm³/mol. The molecular formula is C19H34N2. The maximum atomic E-state index is 3.64. The van der Waals surface area contributed by atoms with Gasteiger partial charge in [-0.3, -0.25) is 0 Å². The Morgan fingerprint density at radius 3 is 2.00 bits per heavy atom. The first-order valence-electron chi connectivity index (χ1n) is 8.45. The lowest BCUT2D eigenvalue weighted by Gasteiger charge is -2.31. The number of nitrogens with zero attached hydrogens (tertiary/aromatic N) is 1. The van der Waals surface area contributed by atoms with Crippen LogP contribution in [-0.2, 0) is 6.54 Å². The van der Waals surface area contributed by atoms with Crippen LogP contribution >= 0.6 is 0 Å². The Hall–Kier alpha value is -0.860. The monoisotopic (exact) mass is 290 g/mol. The first kappa shape index (κ1) is 18.2. The van der Waals surface area contributed by atoms with E-state index in [-0.39, 0.29) is 0 Å². The largest absolute Gasteiger partial charge is 0.311 e. The van der Waals surface area contributed by atoms with Crippen molar-refractivity contribution in [2.24, 2.45) is 5.92 Å². The minimum Gasteiger partial charge on any atom is -0.311 e. The van der Waals surface area contributed by atoms with Gasteiger partial charge in [-0.1, -0.05) is 64.8 Å². The molecule has 21 heavy (non-hydrogen) atoms. The van der Waals surface area contributed by atoms with E-state index in [1.807, 2.05) is 0 Å². The molecule has 1 aromatic carbocycles. The molecule has 0 saturated carbocycles. The lowest BCUT2D eigenvalue weighted by Crippen LogP contribution is -2.42. The highest BCUT2D eigenvalue weighted by Crippen LogP contribution is 2.17. The maximum absolute atomic E-state index is 3.64. The van der Waals surface area contributed by atoms with Gasteiger partial charge in [0.1, 0.15) is 0 Å². The van der Waals surface area contributed by atoms with Crippen LogP contribution in [-0.4, -0.2) is 31.6 Å². The average Bonchev–Trinajstić information content (AvgIpc) is 2.47. The maximum Gasteiger partial charge on any atom is 0.0242 e. The van der Waals surface area contributed by atoms with Crippen molar-refractivity contribution in [1.29, 1.82) is 0 Å². The first-order valence-corrected chi connectivity index (χ1v) is 8.45. The summed E-state index contributed by atoms with van der Waals surface area (Å²) in [4.78, 5) is 2.37. The summed E-state index contributed by atoms with van der Waals surface area (Å²) in [5.41, 5.74) is 2.79. The summed E-state index contributed by atoms with van der Waals surface area (Å²) in [6, 6.07) is 9.64. The van der Waals surface area contributed by atoms with E-state index in [4.69, 9.17) is 0 Å². The minimum atomic E-state index is 0.611. The second-order valence-electron chi connectivity index (χ2n) is 6.63. The molecule has 1 atom stereocenters. The van der Waals surface area contributed by atoms with Crippen molar-refractivity contribution >= 4 is 0 Å². The summed E-state index contributed by atoms with van der Waals surface area (Å²) in [7, 11) is 4.39. The fraction of sp³-hybridized carbons (Fsp3) is 0.684. The first-order chi connectivity index (χ1) is 9.99. The van der Waals surface area contributed by atoms with E-state index in [1.54, 1.807) is 0 Å². The van der Waals surface area contributed by atoms with Crippen LogP contribution in [0.2, 0.25) is 0 Å². The Bertz CT molecular complexity index is 377. The van der Waals surface area contributed by atoms with Crippen molar-refractivity contribution in [3.63, 3.8) is 0 Å². The second-order valence-corrected chi connectivity index (χ2v) is 6.63. The van der Waals surface area contributed by atoms with Crippen LogP contribution in [0.1, 0.15) is 57.6 Å². The van der Waals surface area contributed by atoms with Crippen molar-refractivity contribution < 1.29 is 0 Å². The molecular weight excluding hydrogens is 256 g/mol. The zero-order chi connectivity index (χ0) is 15.8. The number of benzene rings is 1. The van der Waals surface area contributed by atoms with Crippen molar-refractivity contribution in [1.82, 2.24) is 10.2 Å². The number of likely N-dealkylation sites (N-methyl/N-ethyl adjacent to an activating group) is 1. The highest BCUT2D eigenvalue weighted by atomic mass is 15.1. The summed E-state index contributed by atoms with van der Waals surface area (Å²) >= 11 is 0. The van der Waals surface area contributed by atoms with Gasteiger partial charge >= 0.3 is 0 Å². The van der Waals surface area contributed by atoms with Crippen molar-refractivity contribution in [3.8, 4) is 0 Å². The number of hydrogen-bond donors (Lipinski definition) is 1. The second kappa shape index (κ2) is 9.22. The Kier molecular flexibility index (Phi) is 7.98. The third kappa shape index (κ3) is 5.80. The lowest BCUT2D eigenvalue weighted by molar-refractivity contribution is 0.194. The van der Waals surface area contributed by atoms with Crippen LogP contribution in [0.25, 0.3) is 0 Å². The molecule has 1 rings (SSSR count). The van der Waals surface area contributed by atoms with Crippen molar-refractivity contribution in [2.45, 2.75) is 59.0 Å². The zero-order valence-electron chi connectivity index (χ0n) is 14.8. The molecule has 1 aromatic rings. The van der Waals surface area contributed by atoms with E-state index < -0.39 is 0 Å². The number of nitrogens with one attached hydrogen (secondary N) is 1. The fourth-order valence-corrected chi connectivity index (χ4v) is 2.99. The van der Waals surface area contributed by atoms with Crippen LogP contribution < -0.4 is 5.32 Å². The molecule has 0 radical (unpaired) electrons. The van der Waals surface area contributed by atoms with Gasteiger partial charge in [0, 0.05) is 19.1 Å². The van der Waals surface area contributed by atoms with Gasteiger partial charge in [-0.05, 0) is 37.1 Å². The standard InChI is InChI=1S/C19H34N2/c1-7-17(8-2)19(21(5)6)14-20-13-16-9-11-18(12-10-16)15(3)4/h9-12,15,17,19-20H,7-8,13-14H2,1-6H3. The zero-order valence-corrected chi connectivity index (χ0v) is 14.8. The van der Waals surface area contributed by atoms with Crippen LogP contribution in [0.5, 0.6) is 0 Å². The van der Waals surface area contributed by atoms with Crippen LogP contribution in [0.15, 0.2) is 24.3 Å². The molecule has 0 aromatic heterocycles. The molecule has 0 bridgehead atoms. The molecule has 120 valence electrons. The molecule has 0 amide bonds. The molecule has 0 aliphatic carbocycles. The Labute approximate surface area is 131 Å². The number of rotatable bonds is 9. The molecule has 0 aliphatic heterocycles. The average molecular weight is 290 g/mol. The third-order valence-corrected chi connectivity index (χ3v) is 4.59. The highest BCUT2D eigenvalue weighted by Gasteiger charge is 2.19. The summed E-state index contributed by atoms with van der Waals surface area (Å²) < 4.78 is 0. The molecule has 1 N–H and O–H groups in total. The van der Waals surface area contributed by atoms with Gasteiger partial charge in [0.2, 0.25) is 0 Å². The van der Waals surface area contributed by atoms with Crippen LogP contribution in [0.3, 0.4) is 0 Å². The van der Waals surface area contributed by atoms with E-state index in [0.29, 0.717) is 12.0 Å². The fourth-order valence-electron chi connectivity index (χ4n) is 2.99. The Balaban J connectivity index is 2.50.